The fraction of sp³-hybridized carbons (Fsp3) is 0.579. The third kappa shape index (κ3) is 3.22. The van der Waals surface area contributed by atoms with E-state index < -0.39 is 0 Å². The van der Waals surface area contributed by atoms with Crippen molar-refractivity contribution in [3.63, 3.8) is 0 Å². The van der Waals surface area contributed by atoms with Gasteiger partial charge in [-0.1, -0.05) is 76.9 Å². The van der Waals surface area contributed by atoms with Gasteiger partial charge >= 0.3 is 0 Å². The topological polar surface area (TPSA) is 0 Å². The second-order valence-corrected chi connectivity index (χ2v) is 7.55. The maximum atomic E-state index is 6.68. The Labute approximate surface area is 160 Å². The van der Waals surface area contributed by atoms with Crippen molar-refractivity contribution in [3.05, 3.63) is 44.5 Å². The zero-order chi connectivity index (χ0) is 15.9. The van der Waals surface area contributed by atoms with Crippen LogP contribution >= 0.6 is 23.2 Å². The van der Waals surface area contributed by atoms with E-state index in [2.05, 4.69) is 53.7 Å². The Kier molecular flexibility index (Phi) is 6.86. The molecular formula is C19H26Cl2Ti. The molecule has 2 atom stereocenters. The van der Waals surface area contributed by atoms with Gasteiger partial charge in [-0.05, 0) is 35.1 Å². The minimum absolute atomic E-state index is 0. The average Bonchev–Trinajstić information content (AvgIpc) is 2.88. The predicted octanol–water partition coefficient (Wildman–Crippen LogP) is 6.97. The number of allylic oxidation sites excluding steroid dienone is 8. The van der Waals surface area contributed by atoms with Crippen molar-refractivity contribution in [2.45, 2.75) is 54.4 Å². The van der Waals surface area contributed by atoms with Crippen LogP contribution in [-0.4, -0.2) is 0 Å². The van der Waals surface area contributed by atoms with Gasteiger partial charge < -0.3 is 0 Å². The summed E-state index contributed by atoms with van der Waals surface area (Å²) in [6, 6.07) is 0. The van der Waals surface area contributed by atoms with E-state index in [1.54, 1.807) is 0 Å². The van der Waals surface area contributed by atoms with E-state index in [0.29, 0.717) is 11.8 Å². The summed E-state index contributed by atoms with van der Waals surface area (Å²) in [6.45, 7) is 13.3. The van der Waals surface area contributed by atoms with Crippen LogP contribution in [0.15, 0.2) is 44.5 Å². The third-order valence-corrected chi connectivity index (χ3v) is 5.90. The molecule has 0 spiro atoms. The van der Waals surface area contributed by atoms with Crippen molar-refractivity contribution in [2.75, 3.05) is 0 Å². The maximum absolute atomic E-state index is 6.68. The number of halogens is 2. The van der Waals surface area contributed by atoms with Gasteiger partial charge in [-0.3, -0.25) is 0 Å². The molecule has 0 nitrogen and oxygen atoms in total. The molecule has 0 saturated heterocycles. The molecule has 2 rings (SSSR count). The zero-order valence-electron chi connectivity index (χ0n) is 14.5. The molecule has 22 heavy (non-hydrogen) atoms. The molecule has 3 heteroatoms. The minimum Gasteiger partial charge on any atom is -0.0882 e. The first-order valence-electron chi connectivity index (χ1n) is 7.98. The summed E-state index contributed by atoms with van der Waals surface area (Å²) in [4.78, 5) is 0. The van der Waals surface area contributed by atoms with Crippen LogP contribution in [0.4, 0.5) is 0 Å². The monoisotopic (exact) mass is 372 g/mol. The molecule has 2 aliphatic rings. The molecule has 0 radical (unpaired) electrons. The Balaban J connectivity index is 0.00000242. The van der Waals surface area contributed by atoms with Gasteiger partial charge in [0.05, 0.1) is 0 Å². The molecule has 0 fully saturated rings. The van der Waals surface area contributed by atoms with Gasteiger partial charge in [0.2, 0.25) is 0 Å². The van der Waals surface area contributed by atoms with Gasteiger partial charge in [0.25, 0.3) is 0 Å². The average molecular weight is 373 g/mol. The van der Waals surface area contributed by atoms with Crippen LogP contribution in [0.5, 0.6) is 0 Å². The minimum atomic E-state index is -0.132. The van der Waals surface area contributed by atoms with Crippen molar-refractivity contribution in [3.8, 4) is 0 Å². The van der Waals surface area contributed by atoms with Crippen LogP contribution in [-0.2, 0) is 21.7 Å². The molecule has 2 unspecified atom stereocenters. The second kappa shape index (κ2) is 7.43. The molecule has 0 amide bonds. The Hall–Kier alpha value is 0.254. The molecule has 0 heterocycles. The van der Waals surface area contributed by atoms with E-state index in [1.165, 1.54) is 22.3 Å². The first-order chi connectivity index (χ1) is 9.75. The van der Waals surface area contributed by atoms with Gasteiger partial charge in [0.1, 0.15) is 0 Å². The number of hydrogen-bond acceptors (Lipinski definition) is 0. The Morgan fingerprint density at radius 2 is 1.18 bits per heavy atom. The van der Waals surface area contributed by atoms with Crippen LogP contribution in [0, 0.1) is 17.3 Å². The first kappa shape index (κ1) is 20.3. The summed E-state index contributed by atoms with van der Waals surface area (Å²) in [5, 5.41) is 1.98. The number of hydrogen-bond donors (Lipinski definition) is 0. The second-order valence-electron chi connectivity index (χ2n) is 6.74. The van der Waals surface area contributed by atoms with E-state index in [9.17, 15) is 0 Å². The first-order valence-corrected chi connectivity index (χ1v) is 8.73. The van der Waals surface area contributed by atoms with Crippen molar-refractivity contribution in [2.24, 2.45) is 17.3 Å². The summed E-state index contributed by atoms with van der Waals surface area (Å²) in [5.41, 5.74) is 5.21. The fourth-order valence-electron chi connectivity index (χ4n) is 3.79. The zero-order valence-corrected chi connectivity index (χ0v) is 17.6. The Morgan fingerprint density at radius 3 is 1.45 bits per heavy atom. The van der Waals surface area contributed by atoms with E-state index in [-0.39, 0.29) is 27.1 Å². The third-order valence-electron chi connectivity index (χ3n) is 4.83. The molecule has 0 saturated carbocycles. The van der Waals surface area contributed by atoms with Crippen molar-refractivity contribution < 1.29 is 21.7 Å². The summed E-state index contributed by atoms with van der Waals surface area (Å²) >= 11 is 13.4. The molecule has 0 aromatic rings. The molecule has 0 aromatic carbocycles. The van der Waals surface area contributed by atoms with Gasteiger partial charge in [-0.2, -0.15) is 0 Å². The van der Waals surface area contributed by atoms with Crippen molar-refractivity contribution in [1.29, 1.82) is 0 Å². The molecular weight excluding hydrogens is 347 g/mol. The van der Waals surface area contributed by atoms with E-state index in [1.807, 2.05) is 0 Å². The van der Waals surface area contributed by atoms with Gasteiger partial charge in [-0.25, -0.2) is 0 Å². The fourth-order valence-corrected chi connectivity index (χ4v) is 4.63. The summed E-state index contributed by atoms with van der Waals surface area (Å²) in [6.07, 6.45) is 6.65. The van der Waals surface area contributed by atoms with Crippen LogP contribution in [0.1, 0.15) is 54.4 Å². The number of rotatable bonds is 4. The van der Waals surface area contributed by atoms with Gasteiger partial charge in [0.15, 0.2) is 0 Å². The molecule has 0 aromatic heterocycles. The predicted molar refractivity (Wildman–Crippen MR) is 94.6 cm³/mol. The van der Waals surface area contributed by atoms with Crippen LogP contribution < -0.4 is 0 Å². The van der Waals surface area contributed by atoms with Crippen LogP contribution in [0.3, 0.4) is 0 Å². The Bertz CT molecular complexity index is 526. The normalized spacial score (nSPS) is 25.5. The molecule has 0 aliphatic heterocycles. The largest absolute Gasteiger partial charge is 0.0882 e. The Morgan fingerprint density at radius 1 is 0.864 bits per heavy atom. The summed E-state index contributed by atoms with van der Waals surface area (Å²) in [7, 11) is 0. The summed E-state index contributed by atoms with van der Waals surface area (Å²) < 4.78 is 0. The molecule has 120 valence electrons. The van der Waals surface area contributed by atoms with E-state index in [0.717, 1.165) is 22.9 Å². The van der Waals surface area contributed by atoms with Crippen molar-refractivity contribution in [1.82, 2.24) is 0 Å². The maximum Gasteiger partial charge on any atom is 0.0290 e. The molecule has 0 N–H and O–H groups in total. The SMILES string of the molecule is CCC1=CC(C)C(Cl)=C1C(C)(C)C1=C(Cl)C(C)C=C1CC.[Ti]. The van der Waals surface area contributed by atoms with Gasteiger partial charge in [-0.15, -0.1) is 0 Å². The van der Waals surface area contributed by atoms with Crippen LogP contribution in [0.2, 0.25) is 0 Å². The summed E-state index contributed by atoms with van der Waals surface area (Å²) in [5.74, 6) is 0.645. The van der Waals surface area contributed by atoms with Gasteiger partial charge in [0, 0.05) is 49.0 Å². The molecule has 2 aliphatic carbocycles. The van der Waals surface area contributed by atoms with Crippen LogP contribution in [0.25, 0.3) is 0 Å². The van der Waals surface area contributed by atoms with E-state index in [4.69, 9.17) is 23.2 Å². The van der Waals surface area contributed by atoms with Crippen molar-refractivity contribution >= 4 is 23.2 Å². The quantitative estimate of drug-likeness (QED) is 0.467. The molecule has 0 bridgehead atoms. The smallest absolute Gasteiger partial charge is 0.0290 e. The van der Waals surface area contributed by atoms with E-state index >= 15 is 0 Å². The standard InChI is InChI=1S/C19H26Cl2.Ti/c1-7-13-9-11(3)17(20)15(13)19(5,6)16-14(8-2)10-12(4)18(16)21;/h9-12H,7-8H2,1-6H3;.